The summed E-state index contributed by atoms with van der Waals surface area (Å²) in [5.41, 5.74) is 3.80. The van der Waals surface area contributed by atoms with E-state index in [1.54, 1.807) is 6.07 Å². The molecule has 0 heterocycles. The van der Waals surface area contributed by atoms with Crippen LogP contribution in [0, 0.1) is 0 Å². The molecular formula is C24H26Cl2N2. The van der Waals surface area contributed by atoms with Crippen LogP contribution in [-0.2, 0) is 6.42 Å². The van der Waals surface area contributed by atoms with Crippen LogP contribution < -0.4 is 10.6 Å². The first kappa shape index (κ1) is 20.9. The van der Waals surface area contributed by atoms with Gasteiger partial charge in [0.2, 0.25) is 0 Å². The molecule has 2 N–H and O–H groups in total. The Balaban J connectivity index is 1.42. The van der Waals surface area contributed by atoms with Crippen molar-refractivity contribution in [1.29, 1.82) is 0 Å². The molecule has 3 aromatic carbocycles. The maximum Gasteiger partial charge on any atom is 0.0453 e. The Morgan fingerprint density at radius 3 is 1.89 bits per heavy atom. The van der Waals surface area contributed by atoms with Crippen molar-refractivity contribution in [3.8, 4) is 0 Å². The monoisotopic (exact) mass is 412 g/mol. The zero-order valence-electron chi connectivity index (χ0n) is 15.9. The van der Waals surface area contributed by atoms with Crippen LogP contribution >= 0.6 is 23.2 Å². The summed E-state index contributed by atoms with van der Waals surface area (Å²) in [7, 11) is 0. The molecule has 3 rings (SSSR count). The third-order valence-electron chi connectivity index (χ3n) is 4.82. The van der Waals surface area contributed by atoms with E-state index in [0.717, 1.165) is 43.2 Å². The van der Waals surface area contributed by atoms with Crippen LogP contribution in [0.5, 0.6) is 0 Å². The maximum atomic E-state index is 6.22. The molecule has 3 aromatic rings. The molecule has 0 bridgehead atoms. The summed E-state index contributed by atoms with van der Waals surface area (Å²) in [5, 5.41) is 8.48. The number of nitrogens with one attached hydrogen (secondary N) is 2. The molecule has 0 saturated heterocycles. The third-order valence-corrected chi connectivity index (χ3v) is 5.40. The molecule has 0 aliphatic rings. The Kier molecular flexibility index (Phi) is 8.38. The van der Waals surface area contributed by atoms with Gasteiger partial charge in [-0.3, -0.25) is 0 Å². The van der Waals surface area contributed by atoms with Crippen molar-refractivity contribution in [2.24, 2.45) is 0 Å². The van der Waals surface area contributed by atoms with Crippen LogP contribution in [0.1, 0.15) is 22.6 Å². The van der Waals surface area contributed by atoms with Gasteiger partial charge in [-0.2, -0.15) is 0 Å². The highest BCUT2D eigenvalue weighted by Gasteiger charge is 2.12. The molecule has 0 saturated carbocycles. The third kappa shape index (κ3) is 6.35. The molecule has 0 fully saturated rings. The largest absolute Gasteiger partial charge is 0.315 e. The fourth-order valence-corrected chi connectivity index (χ4v) is 3.80. The van der Waals surface area contributed by atoms with Crippen molar-refractivity contribution >= 4 is 23.2 Å². The van der Waals surface area contributed by atoms with Gasteiger partial charge in [-0.25, -0.2) is 0 Å². The average Bonchev–Trinajstić information content (AvgIpc) is 2.73. The zero-order valence-corrected chi connectivity index (χ0v) is 17.4. The average molecular weight is 413 g/mol. The Morgan fingerprint density at radius 1 is 0.679 bits per heavy atom. The number of hydrogen-bond acceptors (Lipinski definition) is 2. The fourth-order valence-electron chi connectivity index (χ4n) is 3.29. The maximum absolute atomic E-state index is 6.22. The van der Waals surface area contributed by atoms with E-state index in [0.29, 0.717) is 10.9 Å². The number of benzene rings is 3. The molecule has 0 atom stereocenters. The van der Waals surface area contributed by atoms with Crippen LogP contribution in [0.3, 0.4) is 0 Å². The molecule has 146 valence electrons. The Morgan fingerprint density at radius 2 is 1.29 bits per heavy atom. The van der Waals surface area contributed by atoms with Crippen LogP contribution in [0.15, 0.2) is 78.9 Å². The molecule has 28 heavy (non-hydrogen) atoms. The van der Waals surface area contributed by atoms with Crippen molar-refractivity contribution in [1.82, 2.24) is 10.6 Å². The van der Waals surface area contributed by atoms with Crippen LogP contribution in [0.4, 0.5) is 0 Å². The van der Waals surface area contributed by atoms with E-state index < -0.39 is 0 Å². The SMILES string of the molecule is Clc1ccc(CCNCCNCC(c2ccccc2)c2ccccc2)c(Cl)c1. The predicted octanol–water partition coefficient (Wildman–Crippen LogP) is 5.55. The minimum Gasteiger partial charge on any atom is -0.315 e. The van der Waals surface area contributed by atoms with Gasteiger partial charge in [-0.15, -0.1) is 0 Å². The lowest BCUT2D eigenvalue weighted by Crippen LogP contribution is -2.31. The predicted molar refractivity (Wildman–Crippen MR) is 121 cm³/mol. The van der Waals surface area contributed by atoms with Gasteiger partial charge < -0.3 is 10.6 Å². The van der Waals surface area contributed by atoms with Crippen LogP contribution in [-0.4, -0.2) is 26.2 Å². The van der Waals surface area contributed by atoms with Crippen molar-refractivity contribution in [2.75, 3.05) is 26.2 Å². The standard InChI is InChI=1S/C24H26Cl2N2/c25-22-12-11-21(24(26)17-22)13-14-27-15-16-28-18-23(19-7-3-1-4-8-19)20-9-5-2-6-10-20/h1-12,17,23,27-28H,13-16,18H2. The second kappa shape index (κ2) is 11.2. The smallest absolute Gasteiger partial charge is 0.0453 e. The van der Waals surface area contributed by atoms with Gasteiger partial charge in [0.25, 0.3) is 0 Å². The number of rotatable bonds is 10. The molecule has 0 spiro atoms. The molecule has 0 amide bonds. The van der Waals surface area contributed by atoms with Crippen LogP contribution in [0.25, 0.3) is 0 Å². The summed E-state index contributed by atoms with van der Waals surface area (Å²) in [6.45, 7) is 3.65. The molecule has 4 heteroatoms. The summed E-state index contributed by atoms with van der Waals surface area (Å²) in [5.74, 6) is 0.357. The van der Waals surface area contributed by atoms with Crippen molar-refractivity contribution < 1.29 is 0 Å². The lowest BCUT2D eigenvalue weighted by molar-refractivity contribution is 0.589. The minimum absolute atomic E-state index is 0.357. The van der Waals surface area contributed by atoms with E-state index in [-0.39, 0.29) is 0 Å². The highest BCUT2D eigenvalue weighted by atomic mass is 35.5. The van der Waals surface area contributed by atoms with Crippen molar-refractivity contribution in [3.05, 3.63) is 106 Å². The molecule has 2 nitrogen and oxygen atoms in total. The van der Waals surface area contributed by atoms with E-state index in [9.17, 15) is 0 Å². The molecule has 0 radical (unpaired) electrons. The number of halogens is 2. The minimum atomic E-state index is 0.357. The van der Waals surface area contributed by atoms with Gasteiger partial charge in [-0.1, -0.05) is 89.9 Å². The van der Waals surface area contributed by atoms with Crippen LogP contribution in [0.2, 0.25) is 10.0 Å². The summed E-state index contributed by atoms with van der Waals surface area (Å²) in [6.07, 6.45) is 0.895. The first-order chi connectivity index (χ1) is 13.7. The van der Waals surface area contributed by atoms with Gasteiger partial charge in [0.15, 0.2) is 0 Å². The fraction of sp³-hybridized carbons (Fsp3) is 0.250. The molecule has 0 aromatic heterocycles. The topological polar surface area (TPSA) is 24.1 Å². The molecule has 0 aliphatic heterocycles. The van der Waals surface area contributed by atoms with E-state index in [2.05, 4.69) is 71.3 Å². The first-order valence-electron chi connectivity index (χ1n) is 9.69. The van der Waals surface area contributed by atoms with Crippen molar-refractivity contribution in [2.45, 2.75) is 12.3 Å². The molecule has 0 unspecified atom stereocenters. The van der Waals surface area contributed by atoms with Gasteiger partial charge in [0.1, 0.15) is 0 Å². The van der Waals surface area contributed by atoms with E-state index in [4.69, 9.17) is 23.2 Å². The lowest BCUT2D eigenvalue weighted by atomic mass is 9.91. The van der Waals surface area contributed by atoms with E-state index >= 15 is 0 Å². The second-order valence-electron chi connectivity index (χ2n) is 6.81. The highest BCUT2D eigenvalue weighted by Crippen LogP contribution is 2.23. The normalized spacial score (nSPS) is 11.1. The molecule has 0 aliphatic carbocycles. The number of hydrogen-bond donors (Lipinski definition) is 2. The lowest BCUT2D eigenvalue weighted by Gasteiger charge is -2.19. The van der Waals surface area contributed by atoms with Gasteiger partial charge in [-0.05, 0) is 41.8 Å². The summed E-state index contributed by atoms with van der Waals surface area (Å²) in [6, 6.07) is 27.0. The van der Waals surface area contributed by atoms with Gasteiger partial charge in [0, 0.05) is 35.6 Å². The quantitative estimate of drug-likeness (QED) is 0.426. The second-order valence-corrected chi connectivity index (χ2v) is 7.66. The van der Waals surface area contributed by atoms with Crippen molar-refractivity contribution in [3.63, 3.8) is 0 Å². The Bertz CT molecular complexity index is 798. The first-order valence-corrected chi connectivity index (χ1v) is 10.4. The van der Waals surface area contributed by atoms with Gasteiger partial charge >= 0.3 is 0 Å². The summed E-state index contributed by atoms with van der Waals surface area (Å²) in [4.78, 5) is 0. The van der Waals surface area contributed by atoms with E-state index in [1.807, 2.05) is 12.1 Å². The van der Waals surface area contributed by atoms with Gasteiger partial charge in [0.05, 0.1) is 0 Å². The Hall–Kier alpha value is -1.84. The molecular weight excluding hydrogens is 387 g/mol. The summed E-state index contributed by atoms with van der Waals surface area (Å²) >= 11 is 12.2. The highest BCUT2D eigenvalue weighted by molar-refractivity contribution is 6.35. The van der Waals surface area contributed by atoms with E-state index in [1.165, 1.54) is 11.1 Å². The zero-order chi connectivity index (χ0) is 19.6. The summed E-state index contributed by atoms with van der Waals surface area (Å²) < 4.78 is 0. The Labute approximate surface area is 177 Å².